The smallest absolute Gasteiger partial charge is 0.244 e. The predicted molar refractivity (Wildman–Crippen MR) is 79.7 cm³/mol. The lowest BCUT2D eigenvalue weighted by molar-refractivity contribution is -0.115. The van der Waals surface area contributed by atoms with Crippen molar-refractivity contribution in [3.63, 3.8) is 0 Å². The van der Waals surface area contributed by atoms with Gasteiger partial charge in [0.1, 0.15) is 12.2 Å². The van der Waals surface area contributed by atoms with Gasteiger partial charge in [-0.2, -0.15) is 5.10 Å². The number of amides is 1. The number of hydrogen-bond acceptors (Lipinski definition) is 3. The molecule has 0 saturated heterocycles. The van der Waals surface area contributed by atoms with Gasteiger partial charge in [-0.05, 0) is 38.1 Å². The van der Waals surface area contributed by atoms with Crippen LogP contribution in [0, 0.1) is 6.92 Å². The third-order valence-electron chi connectivity index (χ3n) is 3.36. The lowest BCUT2D eigenvalue weighted by atomic mass is 10.2. The Morgan fingerprint density at radius 3 is 2.70 bits per heavy atom. The highest BCUT2D eigenvalue weighted by Crippen LogP contribution is 2.37. The van der Waals surface area contributed by atoms with Crippen LogP contribution in [-0.4, -0.2) is 22.2 Å². The van der Waals surface area contributed by atoms with Gasteiger partial charge < -0.3 is 10.2 Å². The first-order valence-corrected chi connectivity index (χ1v) is 6.88. The number of carbonyl (C=O) groups excluding carboxylic acids is 1. The Balaban J connectivity index is 2.14. The molecule has 6 heteroatoms. The molecule has 20 heavy (non-hydrogen) atoms. The summed E-state index contributed by atoms with van der Waals surface area (Å²) < 4.78 is 1.90. The molecular formula is C14H15ClN4O. The van der Waals surface area contributed by atoms with E-state index in [0.29, 0.717) is 5.02 Å². The van der Waals surface area contributed by atoms with Crippen LogP contribution in [-0.2, 0) is 11.3 Å². The fraction of sp³-hybridized carbons (Fsp3) is 0.286. The zero-order valence-electron chi connectivity index (χ0n) is 11.4. The molecule has 0 spiro atoms. The molecule has 1 aromatic carbocycles. The predicted octanol–water partition coefficient (Wildman–Crippen LogP) is 2.96. The minimum atomic E-state index is -0.0359. The van der Waals surface area contributed by atoms with E-state index in [-0.39, 0.29) is 12.5 Å². The van der Waals surface area contributed by atoms with E-state index in [2.05, 4.69) is 10.4 Å². The second kappa shape index (κ2) is 4.83. The lowest BCUT2D eigenvalue weighted by Crippen LogP contribution is -2.36. The number of nitrogens with one attached hydrogen (secondary N) is 1. The molecular weight excluding hydrogens is 276 g/mol. The molecule has 104 valence electrons. The molecule has 2 heterocycles. The molecule has 0 unspecified atom stereocenters. The normalized spacial score (nSPS) is 14.2. The highest BCUT2D eigenvalue weighted by Gasteiger charge is 2.29. The minimum Gasteiger partial charge on any atom is -0.320 e. The van der Waals surface area contributed by atoms with Crippen LogP contribution in [0.1, 0.15) is 12.6 Å². The summed E-state index contributed by atoms with van der Waals surface area (Å²) in [5.41, 5.74) is 2.55. The van der Waals surface area contributed by atoms with Crippen molar-refractivity contribution in [1.82, 2.24) is 9.78 Å². The number of benzene rings is 1. The summed E-state index contributed by atoms with van der Waals surface area (Å²) in [5.74, 6) is 0.887. The van der Waals surface area contributed by atoms with Gasteiger partial charge in [0.25, 0.3) is 0 Å². The van der Waals surface area contributed by atoms with E-state index in [9.17, 15) is 4.79 Å². The first-order chi connectivity index (χ1) is 9.60. The summed E-state index contributed by atoms with van der Waals surface area (Å²) in [6, 6.07) is 7.46. The molecule has 2 aromatic rings. The zero-order valence-corrected chi connectivity index (χ0v) is 12.1. The Hall–Kier alpha value is -2.01. The zero-order chi connectivity index (χ0) is 14.3. The Labute approximate surface area is 122 Å². The summed E-state index contributed by atoms with van der Waals surface area (Å²) >= 11 is 5.93. The van der Waals surface area contributed by atoms with Crippen LogP contribution in [0.4, 0.5) is 17.2 Å². The van der Waals surface area contributed by atoms with E-state index >= 15 is 0 Å². The van der Waals surface area contributed by atoms with Gasteiger partial charge in [-0.15, -0.1) is 0 Å². The van der Waals surface area contributed by atoms with Gasteiger partial charge in [0.15, 0.2) is 5.82 Å². The van der Waals surface area contributed by atoms with Gasteiger partial charge in [-0.3, -0.25) is 4.79 Å². The quantitative estimate of drug-likeness (QED) is 0.925. The molecule has 0 atom stereocenters. The van der Waals surface area contributed by atoms with Crippen LogP contribution in [0.5, 0.6) is 0 Å². The molecule has 0 saturated carbocycles. The van der Waals surface area contributed by atoms with Gasteiger partial charge in [0.2, 0.25) is 5.91 Å². The largest absolute Gasteiger partial charge is 0.320 e. The number of rotatable bonds is 2. The van der Waals surface area contributed by atoms with Gasteiger partial charge in [-0.25, -0.2) is 4.68 Å². The molecule has 1 amide bonds. The molecule has 0 aliphatic carbocycles. The highest BCUT2D eigenvalue weighted by atomic mass is 35.5. The van der Waals surface area contributed by atoms with Gasteiger partial charge >= 0.3 is 0 Å². The molecule has 1 aromatic heterocycles. The summed E-state index contributed by atoms with van der Waals surface area (Å²) in [6.07, 6.45) is 0. The van der Waals surface area contributed by atoms with Crippen molar-refractivity contribution in [1.29, 1.82) is 0 Å². The standard InChI is InChI=1S/C14H15ClN4O/c1-3-19-14-13(9(2)17-19)16-12(20)8-18(14)11-6-4-10(15)5-7-11/h4-7H,3,8H2,1-2H3,(H,16,20). The summed E-state index contributed by atoms with van der Waals surface area (Å²) in [4.78, 5) is 13.9. The van der Waals surface area contributed by atoms with Crippen molar-refractivity contribution in [3.8, 4) is 0 Å². The van der Waals surface area contributed by atoms with Crippen LogP contribution in [0.15, 0.2) is 24.3 Å². The van der Waals surface area contributed by atoms with Crippen molar-refractivity contribution in [2.75, 3.05) is 16.8 Å². The van der Waals surface area contributed by atoms with E-state index in [0.717, 1.165) is 29.4 Å². The Kier molecular flexibility index (Phi) is 3.14. The average Bonchev–Trinajstić information content (AvgIpc) is 2.76. The second-order valence-electron chi connectivity index (χ2n) is 4.71. The third-order valence-corrected chi connectivity index (χ3v) is 3.61. The summed E-state index contributed by atoms with van der Waals surface area (Å²) in [5, 5.41) is 8.05. The van der Waals surface area contributed by atoms with Crippen LogP contribution in [0.2, 0.25) is 5.02 Å². The van der Waals surface area contributed by atoms with Crippen molar-refractivity contribution in [2.24, 2.45) is 0 Å². The van der Waals surface area contributed by atoms with E-state index in [1.807, 2.05) is 47.7 Å². The second-order valence-corrected chi connectivity index (χ2v) is 5.15. The lowest BCUT2D eigenvalue weighted by Gasteiger charge is -2.29. The number of aromatic nitrogens is 2. The monoisotopic (exact) mass is 290 g/mol. The number of hydrogen-bond donors (Lipinski definition) is 1. The molecule has 0 fully saturated rings. The molecule has 0 radical (unpaired) electrons. The maximum absolute atomic E-state index is 11.9. The van der Waals surface area contributed by atoms with Crippen molar-refractivity contribution < 1.29 is 4.79 Å². The number of anilines is 3. The van der Waals surface area contributed by atoms with Crippen LogP contribution < -0.4 is 10.2 Å². The molecule has 1 N–H and O–H groups in total. The maximum Gasteiger partial charge on any atom is 0.244 e. The summed E-state index contributed by atoms with van der Waals surface area (Å²) in [6.45, 7) is 4.95. The third kappa shape index (κ3) is 2.04. The fourth-order valence-electron chi connectivity index (χ4n) is 2.44. The fourth-order valence-corrected chi connectivity index (χ4v) is 2.57. The summed E-state index contributed by atoms with van der Waals surface area (Å²) in [7, 11) is 0. The first kappa shape index (κ1) is 13.0. The van der Waals surface area contributed by atoms with E-state index in [1.165, 1.54) is 0 Å². The molecule has 1 aliphatic heterocycles. The Morgan fingerprint density at radius 1 is 1.35 bits per heavy atom. The Morgan fingerprint density at radius 2 is 2.05 bits per heavy atom. The molecule has 1 aliphatic rings. The van der Waals surface area contributed by atoms with Crippen molar-refractivity contribution in [2.45, 2.75) is 20.4 Å². The van der Waals surface area contributed by atoms with Gasteiger partial charge in [0, 0.05) is 17.3 Å². The number of fused-ring (bicyclic) bond motifs is 1. The average molecular weight is 291 g/mol. The van der Waals surface area contributed by atoms with Crippen LogP contribution >= 0.6 is 11.6 Å². The van der Waals surface area contributed by atoms with Crippen molar-refractivity contribution >= 4 is 34.7 Å². The maximum atomic E-state index is 11.9. The SMILES string of the molecule is CCn1nc(C)c2c1N(c1ccc(Cl)cc1)CC(=O)N2. The van der Waals surface area contributed by atoms with Crippen molar-refractivity contribution in [3.05, 3.63) is 35.0 Å². The number of nitrogens with zero attached hydrogens (tertiary/aromatic N) is 3. The van der Waals surface area contributed by atoms with E-state index in [1.54, 1.807) is 0 Å². The van der Waals surface area contributed by atoms with E-state index in [4.69, 9.17) is 11.6 Å². The minimum absolute atomic E-state index is 0.0359. The number of halogens is 1. The number of aryl methyl sites for hydroxylation is 2. The highest BCUT2D eigenvalue weighted by molar-refractivity contribution is 6.30. The van der Waals surface area contributed by atoms with Gasteiger partial charge in [0.05, 0.1) is 5.69 Å². The van der Waals surface area contributed by atoms with Crippen LogP contribution in [0.25, 0.3) is 0 Å². The number of carbonyl (C=O) groups is 1. The van der Waals surface area contributed by atoms with Gasteiger partial charge in [-0.1, -0.05) is 11.6 Å². The molecule has 3 rings (SSSR count). The van der Waals surface area contributed by atoms with Crippen LogP contribution in [0.3, 0.4) is 0 Å². The molecule has 0 bridgehead atoms. The Bertz CT molecular complexity index is 663. The van der Waals surface area contributed by atoms with E-state index < -0.39 is 0 Å². The molecule has 5 nitrogen and oxygen atoms in total. The first-order valence-electron chi connectivity index (χ1n) is 6.50. The topological polar surface area (TPSA) is 50.2 Å².